The summed E-state index contributed by atoms with van der Waals surface area (Å²) < 4.78 is 0. The molecule has 1 aliphatic heterocycles. The van der Waals surface area contributed by atoms with Crippen LogP contribution in [-0.4, -0.2) is 0 Å². The number of hydrogen-bond donors (Lipinski definition) is 1. The van der Waals surface area contributed by atoms with Gasteiger partial charge in [-0.15, -0.1) is 0 Å². The van der Waals surface area contributed by atoms with Crippen LogP contribution in [0, 0.1) is 6.92 Å². The van der Waals surface area contributed by atoms with E-state index in [9.17, 15) is 0 Å². The van der Waals surface area contributed by atoms with E-state index in [1.54, 1.807) is 0 Å². The van der Waals surface area contributed by atoms with Crippen molar-refractivity contribution in [2.75, 3.05) is 5.32 Å². The van der Waals surface area contributed by atoms with Crippen LogP contribution >= 0.6 is 0 Å². The maximum Gasteiger partial charge on any atom is 0.0418 e. The molecule has 1 aromatic rings. The van der Waals surface area contributed by atoms with Crippen LogP contribution < -0.4 is 5.32 Å². The molecule has 0 aromatic heterocycles. The minimum absolute atomic E-state index is 1.06. The first-order valence-corrected chi connectivity index (χ1v) is 3.87. The van der Waals surface area contributed by atoms with Gasteiger partial charge in [0.2, 0.25) is 0 Å². The van der Waals surface area contributed by atoms with Gasteiger partial charge in [-0.3, -0.25) is 0 Å². The third-order valence-electron chi connectivity index (χ3n) is 1.96. The fourth-order valence-corrected chi connectivity index (χ4v) is 1.34. The van der Waals surface area contributed by atoms with Crippen LogP contribution in [0.4, 0.5) is 5.69 Å². The minimum Gasteiger partial charge on any atom is -0.362 e. The Morgan fingerprint density at radius 2 is 2.27 bits per heavy atom. The Bertz CT molecular complexity index is 300. The highest BCUT2D eigenvalue weighted by atomic mass is 14.8. The SMILES string of the molecule is Cc1ccc2c(c1)NC=CC2. The van der Waals surface area contributed by atoms with Crippen LogP contribution in [0.25, 0.3) is 0 Å². The van der Waals surface area contributed by atoms with Crippen LogP contribution in [0.2, 0.25) is 0 Å². The fraction of sp³-hybridized carbons (Fsp3) is 0.200. The third kappa shape index (κ3) is 1.14. The molecule has 1 heteroatoms. The van der Waals surface area contributed by atoms with Gasteiger partial charge < -0.3 is 5.32 Å². The van der Waals surface area contributed by atoms with Gasteiger partial charge in [-0.2, -0.15) is 0 Å². The molecule has 0 spiro atoms. The van der Waals surface area contributed by atoms with Gasteiger partial charge in [0.15, 0.2) is 0 Å². The predicted molar refractivity (Wildman–Crippen MR) is 47.6 cm³/mol. The van der Waals surface area contributed by atoms with Crippen LogP contribution in [0.15, 0.2) is 30.5 Å². The van der Waals surface area contributed by atoms with Crippen molar-refractivity contribution in [2.24, 2.45) is 0 Å². The summed E-state index contributed by atoms with van der Waals surface area (Å²) in [6.45, 7) is 2.11. The molecule has 0 fully saturated rings. The summed E-state index contributed by atoms with van der Waals surface area (Å²) in [5, 5.41) is 3.22. The van der Waals surface area contributed by atoms with Crippen molar-refractivity contribution in [3.63, 3.8) is 0 Å². The summed E-state index contributed by atoms with van der Waals surface area (Å²) in [7, 11) is 0. The zero-order valence-electron chi connectivity index (χ0n) is 6.59. The van der Waals surface area contributed by atoms with E-state index >= 15 is 0 Å². The van der Waals surface area contributed by atoms with E-state index in [0.717, 1.165) is 6.42 Å². The van der Waals surface area contributed by atoms with Crippen molar-refractivity contribution in [3.8, 4) is 0 Å². The lowest BCUT2D eigenvalue weighted by Crippen LogP contribution is -1.99. The Morgan fingerprint density at radius 1 is 1.36 bits per heavy atom. The molecule has 0 atom stereocenters. The van der Waals surface area contributed by atoms with Crippen molar-refractivity contribution >= 4 is 5.69 Å². The zero-order valence-corrected chi connectivity index (χ0v) is 6.59. The summed E-state index contributed by atoms with van der Waals surface area (Å²) in [4.78, 5) is 0. The van der Waals surface area contributed by atoms with E-state index < -0.39 is 0 Å². The maximum absolute atomic E-state index is 3.22. The van der Waals surface area contributed by atoms with Gasteiger partial charge >= 0.3 is 0 Å². The van der Waals surface area contributed by atoms with E-state index in [0.29, 0.717) is 0 Å². The van der Waals surface area contributed by atoms with Crippen molar-refractivity contribution in [1.82, 2.24) is 0 Å². The number of anilines is 1. The molecule has 56 valence electrons. The molecule has 1 N–H and O–H groups in total. The van der Waals surface area contributed by atoms with E-state index in [1.165, 1.54) is 16.8 Å². The lowest BCUT2D eigenvalue weighted by Gasteiger charge is -2.12. The standard InChI is InChI=1S/C10H11N/c1-8-4-5-9-3-2-6-11-10(9)7-8/h2,4-7,11H,3H2,1H3. The van der Waals surface area contributed by atoms with E-state index in [4.69, 9.17) is 0 Å². The van der Waals surface area contributed by atoms with E-state index in [1.807, 2.05) is 6.20 Å². The van der Waals surface area contributed by atoms with Gasteiger partial charge in [0, 0.05) is 5.69 Å². The molecule has 0 saturated heterocycles. The second-order valence-corrected chi connectivity index (χ2v) is 2.91. The van der Waals surface area contributed by atoms with Crippen molar-refractivity contribution < 1.29 is 0 Å². The number of nitrogens with one attached hydrogen (secondary N) is 1. The number of allylic oxidation sites excluding steroid dienone is 1. The van der Waals surface area contributed by atoms with Crippen LogP contribution in [0.1, 0.15) is 11.1 Å². The number of hydrogen-bond acceptors (Lipinski definition) is 1. The van der Waals surface area contributed by atoms with Crippen LogP contribution in [0.3, 0.4) is 0 Å². The van der Waals surface area contributed by atoms with Crippen LogP contribution in [-0.2, 0) is 6.42 Å². The summed E-state index contributed by atoms with van der Waals surface area (Å²) in [5.41, 5.74) is 3.96. The molecule has 0 amide bonds. The Hall–Kier alpha value is -1.24. The first-order chi connectivity index (χ1) is 5.36. The van der Waals surface area contributed by atoms with Gasteiger partial charge in [-0.05, 0) is 36.7 Å². The zero-order chi connectivity index (χ0) is 7.68. The molecule has 2 rings (SSSR count). The minimum atomic E-state index is 1.06. The van der Waals surface area contributed by atoms with Crippen molar-refractivity contribution in [1.29, 1.82) is 0 Å². The monoisotopic (exact) mass is 145 g/mol. The predicted octanol–water partition coefficient (Wildman–Crippen LogP) is 2.48. The largest absolute Gasteiger partial charge is 0.362 e. The number of fused-ring (bicyclic) bond motifs is 1. The lowest BCUT2D eigenvalue weighted by molar-refractivity contribution is 1.21. The second-order valence-electron chi connectivity index (χ2n) is 2.91. The number of aryl methyl sites for hydroxylation is 1. The first kappa shape index (κ1) is 6.47. The molecule has 11 heavy (non-hydrogen) atoms. The smallest absolute Gasteiger partial charge is 0.0418 e. The molecule has 0 bridgehead atoms. The first-order valence-electron chi connectivity index (χ1n) is 3.87. The molecule has 0 aliphatic carbocycles. The normalized spacial score (nSPS) is 13.9. The van der Waals surface area contributed by atoms with Gasteiger partial charge in [-0.25, -0.2) is 0 Å². The summed E-state index contributed by atoms with van der Waals surface area (Å²) >= 11 is 0. The highest BCUT2D eigenvalue weighted by Gasteiger charge is 2.02. The molecule has 0 unspecified atom stereocenters. The highest BCUT2D eigenvalue weighted by Crippen LogP contribution is 2.20. The van der Waals surface area contributed by atoms with E-state index in [-0.39, 0.29) is 0 Å². The Labute approximate surface area is 66.7 Å². The van der Waals surface area contributed by atoms with Crippen molar-refractivity contribution in [2.45, 2.75) is 13.3 Å². The molecule has 1 nitrogen and oxygen atoms in total. The summed E-state index contributed by atoms with van der Waals surface area (Å²) in [6.07, 6.45) is 5.20. The Morgan fingerprint density at radius 3 is 3.18 bits per heavy atom. The maximum atomic E-state index is 3.22. The lowest BCUT2D eigenvalue weighted by atomic mass is 10.1. The van der Waals surface area contributed by atoms with E-state index in [2.05, 4.69) is 36.5 Å². The third-order valence-corrected chi connectivity index (χ3v) is 1.96. The Kier molecular flexibility index (Phi) is 1.42. The molecular weight excluding hydrogens is 134 g/mol. The summed E-state index contributed by atoms with van der Waals surface area (Å²) in [6, 6.07) is 6.51. The van der Waals surface area contributed by atoms with Gasteiger partial charge in [-0.1, -0.05) is 18.2 Å². The van der Waals surface area contributed by atoms with Crippen molar-refractivity contribution in [3.05, 3.63) is 41.6 Å². The molecule has 1 heterocycles. The average Bonchev–Trinajstić information content (AvgIpc) is 2.04. The number of rotatable bonds is 0. The highest BCUT2D eigenvalue weighted by molar-refractivity contribution is 5.57. The molecular formula is C10H11N. The molecule has 0 radical (unpaired) electrons. The topological polar surface area (TPSA) is 12.0 Å². The molecule has 1 aromatic carbocycles. The molecule has 1 aliphatic rings. The van der Waals surface area contributed by atoms with Gasteiger partial charge in [0.25, 0.3) is 0 Å². The summed E-state index contributed by atoms with van der Waals surface area (Å²) in [5.74, 6) is 0. The molecule has 0 saturated carbocycles. The second kappa shape index (κ2) is 2.42. The fourth-order valence-electron chi connectivity index (χ4n) is 1.34. The van der Waals surface area contributed by atoms with Gasteiger partial charge in [0.1, 0.15) is 0 Å². The Balaban J connectivity index is 2.48. The quantitative estimate of drug-likeness (QED) is 0.591. The van der Waals surface area contributed by atoms with Crippen LogP contribution in [0.5, 0.6) is 0 Å². The number of benzene rings is 1. The average molecular weight is 145 g/mol. The van der Waals surface area contributed by atoms with Gasteiger partial charge in [0.05, 0.1) is 0 Å².